The third-order valence-electron chi connectivity index (χ3n) is 2.96. The molecule has 0 aromatic heterocycles. The summed E-state index contributed by atoms with van der Waals surface area (Å²) >= 11 is 7.84. The summed E-state index contributed by atoms with van der Waals surface area (Å²) < 4.78 is 0. The van der Waals surface area contributed by atoms with E-state index in [-0.39, 0.29) is 5.91 Å². The minimum Gasteiger partial charge on any atom is -0.314 e. The number of likely N-dealkylation sites (N-methyl/N-ethyl adjacent to an activating group) is 1. The highest BCUT2D eigenvalue weighted by atomic mass is 35.5. The Morgan fingerprint density at radius 2 is 2.06 bits per heavy atom. The molecule has 18 heavy (non-hydrogen) atoms. The lowest BCUT2D eigenvalue weighted by molar-refractivity contribution is -0.125. The Kier molecular flexibility index (Phi) is 5.54. The Morgan fingerprint density at radius 1 is 1.44 bits per heavy atom. The molecule has 4 heteroatoms. The number of rotatable bonds is 2. The van der Waals surface area contributed by atoms with E-state index >= 15 is 0 Å². The first-order chi connectivity index (χ1) is 8.38. The van der Waals surface area contributed by atoms with Crippen LogP contribution in [0.2, 0.25) is 0 Å². The number of allylic oxidation sites excluding steroid dienone is 4. The first kappa shape index (κ1) is 15.4. The fourth-order valence-corrected chi connectivity index (χ4v) is 3.15. The van der Waals surface area contributed by atoms with Crippen LogP contribution in [0.25, 0.3) is 0 Å². The molecule has 0 aromatic carbocycles. The lowest BCUT2D eigenvalue weighted by Gasteiger charge is -2.29. The van der Waals surface area contributed by atoms with E-state index in [4.69, 9.17) is 11.6 Å². The zero-order valence-electron chi connectivity index (χ0n) is 11.6. The molecule has 1 rings (SSSR count). The molecule has 0 bridgehead atoms. The maximum Gasteiger partial charge on any atom is 0.237 e. The van der Waals surface area contributed by atoms with Crippen LogP contribution in [0.1, 0.15) is 34.1 Å². The van der Waals surface area contributed by atoms with Gasteiger partial charge in [0.15, 0.2) is 0 Å². The summed E-state index contributed by atoms with van der Waals surface area (Å²) in [4.78, 5) is 14.5. The van der Waals surface area contributed by atoms with Crippen LogP contribution in [0, 0.1) is 0 Å². The Hall–Kier alpha value is -0.670. The molecule has 1 saturated heterocycles. The topological polar surface area (TPSA) is 20.3 Å². The average molecular weight is 286 g/mol. The van der Waals surface area contributed by atoms with Gasteiger partial charge in [0.25, 0.3) is 0 Å². The van der Waals surface area contributed by atoms with Gasteiger partial charge in [0.1, 0.15) is 0 Å². The van der Waals surface area contributed by atoms with Gasteiger partial charge < -0.3 is 4.90 Å². The second-order valence-corrected chi connectivity index (χ2v) is 6.00. The molecule has 1 amide bonds. The van der Waals surface area contributed by atoms with E-state index in [1.807, 2.05) is 33.9 Å². The number of amides is 1. The van der Waals surface area contributed by atoms with Gasteiger partial charge in [-0.1, -0.05) is 29.7 Å². The molecule has 2 nitrogen and oxygen atoms in total. The van der Waals surface area contributed by atoms with E-state index in [1.165, 1.54) is 0 Å². The lowest BCUT2D eigenvalue weighted by atomic mass is 10.1. The van der Waals surface area contributed by atoms with Crippen molar-refractivity contribution in [2.45, 2.75) is 34.1 Å². The molecule has 1 aliphatic rings. The van der Waals surface area contributed by atoms with Gasteiger partial charge in [-0.25, -0.2) is 0 Å². The Labute approximate surface area is 119 Å². The van der Waals surface area contributed by atoms with E-state index in [9.17, 15) is 4.79 Å². The van der Waals surface area contributed by atoms with Crippen molar-refractivity contribution in [3.05, 3.63) is 32.9 Å². The maximum absolute atomic E-state index is 11.7. The van der Waals surface area contributed by atoms with Crippen LogP contribution in [-0.2, 0) is 4.79 Å². The van der Waals surface area contributed by atoms with Crippen molar-refractivity contribution in [3.63, 3.8) is 0 Å². The molecule has 0 aliphatic carbocycles. The number of hydrogen-bond donors (Lipinski definition) is 0. The molecule has 0 spiro atoms. The van der Waals surface area contributed by atoms with Gasteiger partial charge in [0.2, 0.25) is 5.91 Å². The quantitative estimate of drug-likeness (QED) is 0.754. The highest BCUT2D eigenvalue weighted by Crippen LogP contribution is 2.35. The molecule has 0 unspecified atom stereocenters. The van der Waals surface area contributed by atoms with E-state index in [2.05, 4.69) is 6.92 Å². The number of carbonyl (C=O) groups is 1. The summed E-state index contributed by atoms with van der Waals surface area (Å²) in [5, 5.41) is 0.779. The molecule has 0 atom stereocenters. The number of halogens is 1. The third-order valence-corrected chi connectivity index (χ3v) is 4.41. The van der Waals surface area contributed by atoms with E-state index in [1.54, 1.807) is 16.7 Å². The van der Waals surface area contributed by atoms with Crippen molar-refractivity contribution in [2.75, 3.05) is 12.8 Å². The normalized spacial score (nSPS) is 20.3. The van der Waals surface area contributed by atoms with Gasteiger partial charge in [-0.3, -0.25) is 4.79 Å². The van der Waals surface area contributed by atoms with Crippen molar-refractivity contribution in [1.82, 2.24) is 4.90 Å². The number of thioether (sulfide) groups is 1. The molecule has 1 heterocycles. The molecule has 1 fully saturated rings. The first-order valence-electron chi connectivity index (χ1n) is 6.02. The molecular formula is C14H20ClNOS. The second kappa shape index (κ2) is 6.48. The summed E-state index contributed by atoms with van der Waals surface area (Å²) in [6, 6.07) is 0. The minimum atomic E-state index is 0.140. The van der Waals surface area contributed by atoms with Gasteiger partial charge in [-0.05, 0) is 33.3 Å². The largest absolute Gasteiger partial charge is 0.314 e. The molecule has 0 saturated carbocycles. The van der Waals surface area contributed by atoms with Crippen LogP contribution in [0.15, 0.2) is 32.9 Å². The van der Waals surface area contributed by atoms with Crippen LogP contribution in [0.3, 0.4) is 0 Å². The third kappa shape index (κ3) is 3.42. The summed E-state index contributed by atoms with van der Waals surface area (Å²) in [5.74, 6) is 0.620. The highest BCUT2D eigenvalue weighted by molar-refractivity contribution is 8.04. The van der Waals surface area contributed by atoms with Crippen LogP contribution in [-0.4, -0.2) is 23.6 Å². The number of nitrogens with zero attached hydrogens (tertiary/aromatic N) is 1. The van der Waals surface area contributed by atoms with Crippen molar-refractivity contribution < 1.29 is 4.79 Å². The van der Waals surface area contributed by atoms with Crippen molar-refractivity contribution in [1.29, 1.82) is 0 Å². The Bertz CT molecular complexity index is 445. The highest BCUT2D eigenvalue weighted by Gasteiger charge is 2.25. The lowest BCUT2D eigenvalue weighted by Crippen LogP contribution is -2.32. The molecule has 1 aliphatic heterocycles. The second-order valence-electron chi connectivity index (χ2n) is 4.58. The zero-order chi connectivity index (χ0) is 13.9. The van der Waals surface area contributed by atoms with Crippen molar-refractivity contribution in [3.8, 4) is 0 Å². The molecule has 0 N–H and O–H groups in total. The van der Waals surface area contributed by atoms with Crippen LogP contribution in [0.4, 0.5) is 0 Å². The van der Waals surface area contributed by atoms with Gasteiger partial charge in [-0.2, -0.15) is 0 Å². The monoisotopic (exact) mass is 285 g/mol. The molecule has 0 aromatic rings. The summed E-state index contributed by atoms with van der Waals surface area (Å²) in [6.07, 6.45) is 2.92. The summed E-state index contributed by atoms with van der Waals surface area (Å²) in [7, 11) is 1.82. The Morgan fingerprint density at radius 3 is 2.56 bits per heavy atom. The fourth-order valence-electron chi connectivity index (χ4n) is 1.69. The van der Waals surface area contributed by atoms with Gasteiger partial charge in [0, 0.05) is 17.0 Å². The van der Waals surface area contributed by atoms with E-state index in [0.29, 0.717) is 5.75 Å². The number of carbonyl (C=O) groups excluding carboxylic acids is 1. The fraction of sp³-hybridized carbons (Fsp3) is 0.500. The van der Waals surface area contributed by atoms with Crippen LogP contribution in [0.5, 0.6) is 0 Å². The van der Waals surface area contributed by atoms with Crippen molar-refractivity contribution in [2.24, 2.45) is 0 Å². The SMILES string of the molecule is CC/C(C)=C(Cl)/C=C1/SCC(=O)N(C)C1=C(C)C. The van der Waals surface area contributed by atoms with Crippen LogP contribution < -0.4 is 0 Å². The Balaban J connectivity index is 3.20. The van der Waals surface area contributed by atoms with E-state index < -0.39 is 0 Å². The maximum atomic E-state index is 11.7. The predicted octanol–water partition coefficient (Wildman–Crippen LogP) is 4.29. The van der Waals surface area contributed by atoms with Crippen LogP contribution >= 0.6 is 23.4 Å². The first-order valence-corrected chi connectivity index (χ1v) is 7.39. The molecule has 100 valence electrons. The number of hydrogen-bond acceptors (Lipinski definition) is 2. The van der Waals surface area contributed by atoms with Crippen molar-refractivity contribution >= 4 is 29.3 Å². The van der Waals surface area contributed by atoms with E-state index in [0.717, 1.165) is 33.2 Å². The van der Waals surface area contributed by atoms with Gasteiger partial charge >= 0.3 is 0 Å². The summed E-state index contributed by atoms with van der Waals surface area (Å²) in [5.41, 5.74) is 3.28. The zero-order valence-corrected chi connectivity index (χ0v) is 13.2. The summed E-state index contributed by atoms with van der Waals surface area (Å²) in [6.45, 7) is 8.15. The predicted molar refractivity (Wildman–Crippen MR) is 80.5 cm³/mol. The minimum absolute atomic E-state index is 0.140. The molecular weight excluding hydrogens is 266 g/mol. The van der Waals surface area contributed by atoms with Gasteiger partial charge in [0.05, 0.1) is 11.4 Å². The average Bonchev–Trinajstić information content (AvgIpc) is 2.32. The van der Waals surface area contributed by atoms with Gasteiger partial charge in [-0.15, -0.1) is 11.8 Å². The standard InChI is InChI=1S/C14H20ClNOS/c1-6-10(4)11(15)7-12-14(9(2)3)16(5)13(17)8-18-12/h7H,6,8H2,1-5H3/b11-10-,12-7+. The molecule has 0 radical (unpaired) electrons. The smallest absolute Gasteiger partial charge is 0.237 e.